The Morgan fingerprint density at radius 1 is 0.939 bits per heavy atom. The summed E-state index contributed by atoms with van der Waals surface area (Å²) in [6.07, 6.45) is 5.96. The van der Waals surface area contributed by atoms with Gasteiger partial charge in [-0.3, -0.25) is 34.8 Å². The average molecular weight is 677 g/mol. The molecule has 2 heterocycles. The van der Waals surface area contributed by atoms with E-state index in [2.05, 4.69) is 45.3 Å². The van der Waals surface area contributed by atoms with Crippen molar-refractivity contribution in [3.63, 3.8) is 0 Å². The number of hydrogen-bond donors (Lipinski definition) is 4. The molecular formula is C37H52N6O6. The minimum Gasteiger partial charge on any atom is -0.442 e. The van der Waals surface area contributed by atoms with Crippen molar-refractivity contribution in [2.75, 3.05) is 31.5 Å². The maximum absolute atomic E-state index is 13.0. The number of piperidine rings is 2. The number of rotatable bonds is 13. The van der Waals surface area contributed by atoms with E-state index in [0.29, 0.717) is 44.0 Å². The summed E-state index contributed by atoms with van der Waals surface area (Å²) < 4.78 is 5.49. The molecule has 2 saturated heterocycles. The molecule has 2 aliphatic heterocycles. The monoisotopic (exact) mass is 676 g/mol. The van der Waals surface area contributed by atoms with E-state index in [-0.39, 0.29) is 17.7 Å². The molecule has 2 aliphatic rings. The number of hydrogen-bond acceptors (Lipinski definition) is 8. The van der Waals surface area contributed by atoms with Gasteiger partial charge < -0.3 is 15.4 Å². The van der Waals surface area contributed by atoms with E-state index < -0.39 is 23.6 Å². The number of anilines is 1. The molecule has 12 nitrogen and oxygen atoms in total. The lowest BCUT2D eigenvalue weighted by Gasteiger charge is -2.31. The van der Waals surface area contributed by atoms with Crippen LogP contribution in [0.5, 0.6) is 0 Å². The number of nitrogens with zero attached hydrogens (tertiary/aromatic N) is 2. The quantitative estimate of drug-likeness (QED) is 0.134. The van der Waals surface area contributed by atoms with Crippen LogP contribution in [0, 0.1) is 0 Å². The van der Waals surface area contributed by atoms with E-state index in [1.807, 2.05) is 12.1 Å². The fourth-order valence-corrected chi connectivity index (χ4v) is 5.94. The lowest BCUT2D eigenvalue weighted by molar-refractivity contribution is -0.133. The number of benzene rings is 2. The lowest BCUT2D eigenvalue weighted by atomic mass is 9.89. The molecule has 0 aromatic heterocycles. The van der Waals surface area contributed by atoms with Crippen molar-refractivity contribution in [3.05, 3.63) is 65.2 Å². The summed E-state index contributed by atoms with van der Waals surface area (Å²) in [5.41, 5.74) is 5.37. The Balaban J connectivity index is 1.18. The van der Waals surface area contributed by atoms with Crippen molar-refractivity contribution in [2.45, 2.75) is 103 Å². The van der Waals surface area contributed by atoms with E-state index in [1.165, 1.54) is 10.6 Å². The molecule has 0 spiro atoms. The number of imide groups is 1. The molecule has 12 heteroatoms. The number of nitrogens with one attached hydrogen (secondary N) is 4. The Morgan fingerprint density at radius 2 is 1.63 bits per heavy atom. The number of carbonyl (C=O) groups is 5. The highest BCUT2D eigenvalue weighted by Crippen LogP contribution is 2.29. The van der Waals surface area contributed by atoms with E-state index in [9.17, 15) is 24.0 Å². The molecular weight excluding hydrogens is 624 g/mol. The van der Waals surface area contributed by atoms with Crippen LogP contribution < -0.4 is 21.4 Å². The van der Waals surface area contributed by atoms with Gasteiger partial charge >= 0.3 is 6.09 Å². The molecule has 49 heavy (non-hydrogen) atoms. The van der Waals surface area contributed by atoms with Crippen molar-refractivity contribution in [2.24, 2.45) is 0 Å². The van der Waals surface area contributed by atoms with Crippen LogP contribution in [-0.4, -0.2) is 77.5 Å². The largest absolute Gasteiger partial charge is 0.442 e. The van der Waals surface area contributed by atoms with Gasteiger partial charge in [0.15, 0.2) is 0 Å². The highest BCUT2D eigenvalue weighted by Gasteiger charge is 2.27. The molecule has 4 N–H and O–H groups in total. The Labute approximate surface area is 289 Å². The van der Waals surface area contributed by atoms with Crippen LogP contribution in [0.25, 0.3) is 0 Å². The summed E-state index contributed by atoms with van der Waals surface area (Å²) in [5, 5.41) is 9.82. The van der Waals surface area contributed by atoms with Crippen molar-refractivity contribution in [1.29, 1.82) is 0 Å². The van der Waals surface area contributed by atoms with E-state index in [0.717, 1.165) is 62.9 Å². The summed E-state index contributed by atoms with van der Waals surface area (Å²) in [5.74, 6) is -0.570. The van der Waals surface area contributed by atoms with Gasteiger partial charge in [-0.05, 0) is 101 Å². The molecule has 5 amide bonds. The first-order chi connectivity index (χ1) is 23.4. The average Bonchev–Trinajstić information content (AvgIpc) is 3.06. The van der Waals surface area contributed by atoms with Crippen molar-refractivity contribution in [1.82, 2.24) is 26.0 Å². The lowest BCUT2D eigenvalue weighted by Crippen LogP contribution is -2.48. The predicted octanol–water partition coefficient (Wildman–Crippen LogP) is 4.86. The van der Waals surface area contributed by atoms with Crippen LogP contribution in [0.1, 0.15) is 106 Å². The SMILES string of the molecule is CCCCCCN(NC(=O)c1ccc(CNC(=O)CN2CCC(c3ccc(NC4CCC(=O)NC4=O)cc3)CC2)cc1)C(=O)OC(C)(C)C. The highest BCUT2D eigenvalue weighted by molar-refractivity contribution is 6.01. The topological polar surface area (TPSA) is 149 Å². The smallest absolute Gasteiger partial charge is 0.429 e. The van der Waals surface area contributed by atoms with Crippen molar-refractivity contribution >= 4 is 35.4 Å². The third-order valence-corrected chi connectivity index (χ3v) is 8.71. The molecule has 4 rings (SSSR count). The summed E-state index contributed by atoms with van der Waals surface area (Å²) in [4.78, 5) is 64.0. The number of hydrazine groups is 1. The zero-order valence-corrected chi connectivity index (χ0v) is 29.3. The molecule has 1 unspecified atom stereocenters. The molecule has 2 aromatic carbocycles. The Morgan fingerprint density at radius 3 is 2.27 bits per heavy atom. The number of ether oxygens (including phenoxy) is 1. The number of carbonyl (C=O) groups excluding carboxylic acids is 5. The molecule has 2 fully saturated rings. The number of amides is 5. The summed E-state index contributed by atoms with van der Waals surface area (Å²) >= 11 is 0. The van der Waals surface area contributed by atoms with Gasteiger partial charge in [0, 0.05) is 30.8 Å². The highest BCUT2D eigenvalue weighted by atomic mass is 16.6. The van der Waals surface area contributed by atoms with E-state index in [4.69, 9.17) is 4.74 Å². The minimum absolute atomic E-state index is 0.0553. The maximum atomic E-state index is 13.0. The fraction of sp³-hybridized carbons (Fsp3) is 0.541. The summed E-state index contributed by atoms with van der Waals surface area (Å²) in [6.45, 7) is 10.1. The maximum Gasteiger partial charge on any atom is 0.429 e. The van der Waals surface area contributed by atoms with Gasteiger partial charge in [0.1, 0.15) is 11.6 Å². The second-order valence-corrected chi connectivity index (χ2v) is 13.9. The zero-order chi connectivity index (χ0) is 35.4. The third-order valence-electron chi connectivity index (χ3n) is 8.71. The third kappa shape index (κ3) is 12.2. The van der Waals surface area contributed by atoms with Crippen LogP contribution in [0.3, 0.4) is 0 Å². The predicted molar refractivity (Wildman–Crippen MR) is 187 cm³/mol. The molecule has 0 aliphatic carbocycles. The van der Waals surface area contributed by atoms with Crippen LogP contribution in [-0.2, 0) is 25.7 Å². The van der Waals surface area contributed by atoms with Crippen LogP contribution in [0.15, 0.2) is 48.5 Å². The van der Waals surface area contributed by atoms with Gasteiger partial charge in [-0.25, -0.2) is 9.80 Å². The summed E-state index contributed by atoms with van der Waals surface area (Å²) in [7, 11) is 0. The van der Waals surface area contributed by atoms with Gasteiger partial charge in [0.2, 0.25) is 17.7 Å². The van der Waals surface area contributed by atoms with Crippen molar-refractivity contribution < 1.29 is 28.7 Å². The first-order valence-corrected chi connectivity index (χ1v) is 17.5. The number of unbranched alkanes of at least 4 members (excludes halogenated alkanes) is 3. The molecule has 266 valence electrons. The van der Waals surface area contributed by atoms with Crippen LogP contribution >= 0.6 is 0 Å². The zero-order valence-electron chi connectivity index (χ0n) is 29.3. The van der Waals surface area contributed by atoms with Gasteiger partial charge in [0.25, 0.3) is 5.91 Å². The van der Waals surface area contributed by atoms with Gasteiger partial charge in [-0.1, -0.05) is 50.5 Å². The fourth-order valence-electron chi connectivity index (χ4n) is 5.94. The Bertz CT molecular complexity index is 1430. The molecule has 0 radical (unpaired) electrons. The van der Waals surface area contributed by atoms with Crippen molar-refractivity contribution in [3.8, 4) is 0 Å². The van der Waals surface area contributed by atoms with E-state index >= 15 is 0 Å². The van der Waals surface area contributed by atoms with Gasteiger partial charge in [0.05, 0.1) is 6.54 Å². The second-order valence-electron chi connectivity index (χ2n) is 13.9. The molecule has 2 aromatic rings. The standard InChI is InChI=1S/C37H52N6O6/c1-5-6-7-8-21-43(36(48)49-37(2,3)4)41-34(46)29-11-9-26(10-12-29)24-38-33(45)25-42-22-19-28(20-23-42)27-13-15-30(16-14-27)39-31-17-18-32(44)40-35(31)47/h9-16,28,31,39H,5-8,17-25H2,1-4H3,(H,38,45)(H,41,46)(H,40,44,47). The number of likely N-dealkylation sites (tertiary alicyclic amines) is 1. The van der Waals surface area contributed by atoms with E-state index in [1.54, 1.807) is 45.0 Å². The first kappa shape index (κ1) is 37.4. The second kappa shape index (κ2) is 17.8. The molecule has 0 saturated carbocycles. The van der Waals surface area contributed by atoms with Gasteiger partial charge in [-0.15, -0.1) is 0 Å². The van der Waals surface area contributed by atoms with Crippen LogP contribution in [0.4, 0.5) is 10.5 Å². The normalized spacial score (nSPS) is 17.2. The summed E-state index contributed by atoms with van der Waals surface area (Å²) in [6, 6.07) is 14.7. The molecule has 1 atom stereocenters. The Hall–Kier alpha value is -4.45. The van der Waals surface area contributed by atoms with Gasteiger partial charge in [-0.2, -0.15) is 0 Å². The minimum atomic E-state index is -0.680. The van der Waals surface area contributed by atoms with Crippen LogP contribution in [0.2, 0.25) is 0 Å². The Kier molecular flexibility index (Phi) is 13.6. The molecule has 0 bridgehead atoms. The first-order valence-electron chi connectivity index (χ1n) is 17.5.